The average molecular weight is 389 g/mol. The average Bonchev–Trinajstić information content (AvgIpc) is 2.64. The number of nitrogens with one attached hydrogen (secondary N) is 1. The molecular formula is C20H23NO7. The van der Waals surface area contributed by atoms with Crippen LogP contribution in [0.25, 0.3) is 0 Å². The topological polar surface area (TPSA) is 147 Å². The van der Waals surface area contributed by atoms with E-state index < -0.39 is 18.0 Å². The molecule has 150 valence electrons. The van der Waals surface area contributed by atoms with Crippen LogP contribution >= 0.6 is 0 Å². The van der Waals surface area contributed by atoms with E-state index in [1.165, 1.54) is 23.8 Å². The van der Waals surface area contributed by atoms with Crippen molar-refractivity contribution in [3.8, 4) is 11.5 Å². The van der Waals surface area contributed by atoms with Gasteiger partial charge in [0.2, 0.25) is 0 Å². The minimum absolute atomic E-state index is 0.0525. The molecule has 0 aliphatic rings. The van der Waals surface area contributed by atoms with Crippen molar-refractivity contribution in [2.75, 3.05) is 13.1 Å². The first-order valence-corrected chi connectivity index (χ1v) is 8.37. The predicted molar refractivity (Wildman–Crippen MR) is 102 cm³/mol. The Hall–Kier alpha value is -3.36. The number of aliphatic hydroxyl groups is 1. The second-order valence-electron chi connectivity index (χ2n) is 5.75. The van der Waals surface area contributed by atoms with E-state index in [0.717, 1.165) is 13.0 Å². The maximum Gasteiger partial charge on any atom is 0.328 e. The molecule has 0 saturated heterocycles. The van der Waals surface area contributed by atoms with Gasteiger partial charge in [-0.05, 0) is 36.2 Å². The van der Waals surface area contributed by atoms with Crippen molar-refractivity contribution < 1.29 is 35.1 Å². The molecule has 2 aromatic carbocycles. The second-order valence-corrected chi connectivity index (χ2v) is 5.75. The van der Waals surface area contributed by atoms with Gasteiger partial charge in [0.25, 0.3) is 0 Å². The molecule has 0 bridgehead atoms. The molecule has 0 aromatic heterocycles. The van der Waals surface area contributed by atoms with E-state index in [1.54, 1.807) is 0 Å². The second kappa shape index (κ2) is 12.1. The van der Waals surface area contributed by atoms with Gasteiger partial charge in [0, 0.05) is 24.8 Å². The van der Waals surface area contributed by atoms with E-state index in [4.69, 9.17) is 10.2 Å². The fourth-order valence-electron chi connectivity index (χ4n) is 2.19. The Kier molecular flexibility index (Phi) is 9.80. The number of carbonyl (C=O) groups is 2. The van der Waals surface area contributed by atoms with Crippen LogP contribution in [0.4, 0.5) is 0 Å². The van der Waals surface area contributed by atoms with Crippen LogP contribution in [0.15, 0.2) is 60.7 Å². The third-order valence-corrected chi connectivity index (χ3v) is 3.45. The summed E-state index contributed by atoms with van der Waals surface area (Å²) < 4.78 is 0. The molecular weight excluding hydrogens is 366 g/mol. The number of phenols is 2. The zero-order chi connectivity index (χ0) is 20.9. The molecule has 0 amide bonds. The standard InChI is InChI=1S/C16H19NO3.C4H4O4/c18-14-8-13(9-15(19)10-14)16(20)11-17-7-6-12-4-2-1-3-5-12;5-3(6)1-2-4(7)8/h1-5,8-10,16-20H,6-7,11H2;1-2H,(H,5,6)(H,7,8)/t16-;/m1./s1. The van der Waals surface area contributed by atoms with E-state index in [9.17, 15) is 24.9 Å². The number of aliphatic hydroxyl groups excluding tert-OH is 1. The molecule has 8 nitrogen and oxygen atoms in total. The summed E-state index contributed by atoms with van der Waals surface area (Å²) in [5, 5.41) is 47.5. The van der Waals surface area contributed by atoms with Gasteiger partial charge in [0.05, 0.1) is 6.10 Å². The van der Waals surface area contributed by atoms with E-state index >= 15 is 0 Å². The minimum Gasteiger partial charge on any atom is -0.508 e. The Morgan fingerprint density at radius 1 is 0.929 bits per heavy atom. The fraction of sp³-hybridized carbons (Fsp3) is 0.200. The molecule has 0 radical (unpaired) electrons. The lowest BCUT2D eigenvalue weighted by Gasteiger charge is -2.13. The Balaban J connectivity index is 0.000000416. The number of phenolic OH excluding ortho intramolecular Hbond substituents is 2. The molecule has 8 heteroatoms. The number of hydrogen-bond donors (Lipinski definition) is 6. The van der Waals surface area contributed by atoms with E-state index in [1.807, 2.05) is 18.2 Å². The van der Waals surface area contributed by atoms with Gasteiger partial charge in [0.1, 0.15) is 11.5 Å². The Labute approximate surface area is 162 Å². The highest BCUT2D eigenvalue weighted by molar-refractivity contribution is 5.89. The normalized spacial score (nSPS) is 11.5. The largest absolute Gasteiger partial charge is 0.508 e. The summed E-state index contributed by atoms with van der Waals surface area (Å²) in [6.45, 7) is 1.13. The van der Waals surface area contributed by atoms with Crippen LogP contribution in [0.5, 0.6) is 11.5 Å². The van der Waals surface area contributed by atoms with Crippen LogP contribution in [-0.4, -0.2) is 50.6 Å². The monoisotopic (exact) mass is 389 g/mol. The third-order valence-electron chi connectivity index (χ3n) is 3.45. The Morgan fingerprint density at radius 3 is 1.96 bits per heavy atom. The molecule has 2 rings (SSSR count). The molecule has 28 heavy (non-hydrogen) atoms. The number of aromatic hydroxyl groups is 2. The van der Waals surface area contributed by atoms with Gasteiger partial charge in [0.15, 0.2) is 0 Å². The predicted octanol–water partition coefficient (Wildman–Crippen LogP) is 1.68. The summed E-state index contributed by atoms with van der Waals surface area (Å²) in [5.74, 6) is -2.62. The minimum atomic E-state index is -1.26. The first-order chi connectivity index (χ1) is 13.3. The first-order valence-electron chi connectivity index (χ1n) is 8.37. The summed E-state index contributed by atoms with van der Waals surface area (Å²) in [7, 11) is 0. The lowest BCUT2D eigenvalue weighted by Crippen LogP contribution is -2.23. The molecule has 0 unspecified atom stereocenters. The van der Waals surface area contributed by atoms with Gasteiger partial charge in [-0.15, -0.1) is 0 Å². The quantitative estimate of drug-likeness (QED) is 0.295. The highest BCUT2D eigenvalue weighted by Crippen LogP contribution is 2.24. The van der Waals surface area contributed by atoms with Gasteiger partial charge in [-0.1, -0.05) is 30.3 Å². The number of carboxylic acid groups (broad SMARTS) is 2. The molecule has 0 fully saturated rings. The van der Waals surface area contributed by atoms with Crippen molar-refractivity contribution >= 4 is 11.9 Å². The van der Waals surface area contributed by atoms with Crippen molar-refractivity contribution in [3.05, 3.63) is 71.8 Å². The Morgan fingerprint density at radius 2 is 1.46 bits per heavy atom. The molecule has 0 spiro atoms. The van der Waals surface area contributed by atoms with E-state index in [2.05, 4.69) is 17.4 Å². The summed E-state index contributed by atoms with van der Waals surface area (Å²) >= 11 is 0. The van der Waals surface area contributed by atoms with Gasteiger partial charge in [-0.2, -0.15) is 0 Å². The molecule has 0 aliphatic heterocycles. The van der Waals surface area contributed by atoms with Crippen LogP contribution < -0.4 is 5.32 Å². The lowest BCUT2D eigenvalue weighted by molar-refractivity contribution is -0.134. The molecule has 0 saturated carbocycles. The van der Waals surface area contributed by atoms with Gasteiger partial charge < -0.3 is 30.8 Å². The zero-order valence-corrected chi connectivity index (χ0v) is 15.0. The summed E-state index contributed by atoms with van der Waals surface area (Å²) in [4.78, 5) is 19.1. The van der Waals surface area contributed by atoms with Crippen molar-refractivity contribution in [3.63, 3.8) is 0 Å². The van der Waals surface area contributed by atoms with Crippen molar-refractivity contribution in [2.24, 2.45) is 0 Å². The maximum absolute atomic E-state index is 9.98. The summed E-state index contributed by atoms with van der Waals surface area (Å²) in [6, 6.07) is 14.2. The molecule has 6 N–H and O–H groups in total. The zero-order valence-electron chi connectivity index (χ0n) is 15.0. The number of aliphatic carboxylic acids is 2. The summed E-state index contributed by atoms with van der Waals surface area (Å²) in [5.41, 5.74) is 1.74. The van der Waals surface area contributed by atoms with Crippen LogP contribution in [0.2, 0.25) is 0 Å². The van der Waals surface area contributed by atoms with Gasteiger partial charge >= 0.3 is 11.9 Å². The summed E-state index contributed by atoms with van der Waals surface area (Å²) in [6.07, 6.45) is 1.24. The van der Waals surface area contributed by atoms with Crippen LogP contribution in [-0.2, 0) is 16.0 Å². The van der Waals surface area contributed by atoms with Crippen LogP contribution in [0.1, 0.15) is 17.2 Å². The smallest absolute Gasteiger partial charge is 0.328 e. The van der Waals surface area contributed by atoms with Crippen molar-refractivity contribution in [2.45, 2.75) is 12.5 Å². The van der Waals surface area contributed by atoms with Crippen LogP contribution in [0, 0.1) is 0 Å². The van der Waals surface area contributed by atoms with Crippen molar-refractivity contribution in [1.29, 1.82) is 0 Å². The number of carboxylic acids is 2. The highest BCUT2D eigenvalue weighted by atomic mass is 16.4. The molecule has 0 heterocycles. The Bertz CT molecular complexity index is 754. The van der Waals surface area contributed by atoms with Crippen molar-refractivity contribution in [1.82, 2.24) is 5.32 Å². The SMILES string of the molecule is O=C(O)C=CC(=O)O.Oc1cc(O)cc([C@H](O)CNCCc2ccccc2)c1. The number of hydrogen-bond acceptors (Lipinski definition) is 6. The lowest BCUT2D eigenvalue weighted by atomic mass is 10.1. The molecule has 1 atom stereocenters. The van der Waals surface area contributed by atoms with Gasteiger partial charge in [-0.3, -0.25) is 0 Å². The first kappa shape index (κ1) is 22.7. The molecule has 0 aliphatic carbocycles. The van der Waals surface area contributed by atoms with E-state index in [-0.39, 0.29) is 11.5 Å². The van der Waals surface area contributed by atoms with Crippen LogP contribution in [0.3, 0.4) is 0 Å². The van der Waals surface area contributed by atoms with E-state index in [0.29, 0.717) is 24.3 Å². The third kappa shape index (κ3) is 9.95. The van der Waals surface area contributed by atoms with Gasteiger partial charge in [-0.25, -0.2) is 9.59 Å². The fourth-order valence-corrected chi connectivity index (χ4v) is 2.19. The maximum atomic E-state index is 9.98. The number of rotatable bonds is 8. The highest BCUT2D eigenvalue weighted by Gasteiger charge is 2.09. The molecule has 2 aromatic rings. The number of benzene rings is 2.